The quantitative estimate of drug-likeness (QED) is 0.176. The highest BCUT2D eigenvalue weighted by Gasteiger charge is 2.36. The van der Waals surface area contributed by atoms with Crippen molar-refractivity contribution in [3.63, 3.8) is 0 Å². The minimum atomic E-state index is -0.162. The second-order valence-electron chi connectivity index (χ2n) is 16.0. The summed E-state index contributed by atoms with van der Waals surface area (Å²) in [6.45, 7) is 4.70. The number of benzene rings is 9. The lowest BCUT2D eigenvalue weighted by Crippen LogP contribution is -2.17. The van der Waals surface area contributed by atoms with Gasteiger partial charge in [0.2, 0.25) is 0 Å². The lowest BCUT2D eigenvalue weighted by atomic mass is 9.82. The molecule has 2 aromatic heterocycles. The van der Waals surface area contributed by atoms with Gasteiger partial charge in [0.1, 0.15) is 22.3 Å². The molecule has 0 fully saturated rings. The van der Waals surface area contributed by atoms with Crippen molar-refractivity contribution in [2.45, 2.75) is 19.3 Å². The fourth-order valence-electron chi connectivity index (χ4n) is 9.77. The molecule has 1 aliphatic carbocycles. The number of furan rings is 2. The van der Waals surface area contributed by atoms with Gasteiger partial charge in [-0.3, -0.25) is 0 Å². The number of anilines is 3. The SMILES string of the molecule is CC1(C)c2ccccc2-c2ccc(N(c3ccc4c(c3)oc3ccccc34)c3ccccc3-c3ccc4oc5ccccc5c4c3-c3cccc4ccccc34)cc21. The average molecular weight is 744 g/mol. The molecule has 274 valence electrons. The molecule has 3 nitrogen and oxygen atoms in total. The van der Waals surface area contributed by atoms with E-state index in [4.69, 9.17) is 8.83 Å². The normalized spacial score (nSPS) is 13.1. The van der Waals surface area contributed by atoms with Crippen molar-refractivity contribution in [3.8, 4) is 33.4 Å². The van der Waals surface area contributed by atoms with Gasteiger partial charge in [-0.05, 0) is 98.8 Å². The van der Waals surface area contributed by atoms with Crippen LogP contribution in [-0.4, -0.2) is 0 Å². The Morgan fingerprint density at radius 3 is 1.84 bits per heavy atom. The van der Waals surface area contributed by atoms with E-state index in [-0.39, 0.29) is 5.41 Å². The number of hydrogen-bond donors (Lipinski definition) is 0. The van der Waals surface area contributed by atoms with Crippen LogP contribution < -0.4 is 4.90 Å². The molecular weight excluding hydrogens is 707 g/mol. The Balaban J connectivity index is 1.15. The Labute approximate surface area is 336 Å². The molecule has 0 bridgehead atoms. The highest BCUT2D eigenvalue weighted by atomic mass is 16.3. The van der Waals surface area contributed by atoms with Crippen LogP contribution in [0.2, 0.25) is 0 Å². The molecule has 12 rings (SSSR count). The number of rotatable bonds is 5. The molecule has 0 saturated carbocycles. The lowest BCUT2D eigenvalue weighted by Gasteiger charge is -2.30. The molecule has 58 heavy (non-hydrogen) atoms. The van der Waals surface area contributed by atoms with E-state index in [9.17, 15) is 0 Å². The van der Waals surface area contributed by atoms with Gasteiger partial charge < -0.3 is 13.7 Å². The second-order valence-corrected chi connectivity index (χ2v) is 16.0. The van der Waals surface area contributed by atoms with E-state index in [1.54, 1.807) is 0 Å². The molecule has 2 heterocycles. The summed E-state index contributed by atoms with van der Waals surface area (Å²) in [5, 5.41) is 6.85. The molecule has 3 heteroatoms. The van der Waals surface area contributed by atoms with Gasteiger partial charge in [-0.15, -0.1) is 0 Å². The maximum absolute atomic E-state index is 6.57. The Kier molecular flexibility index (Phi) is 6.98. The first kappa shape index (κ1) is 32.8. The van der Waals surface area contributed by atoms with Crippen LogP contribution in [0.1, 0.15) is 25.0 Å². The zero-order valence-corrected chi connectivity index (χ0v) is 32.2. The largest absolute Gasteiger partial charge is 0.456 e. The molecule has 0 atom stereocenters. The smallest absolute Gasteiger partial charge is 0.137 e. The van der Waals surface area contributed by atoms with E-state index in [0.717, 1.165) is 77.6 Å². The zero-order valence-electron chi connectivity index (χ0n) is 32.2. The second kappa shape index (κ2) is 12.3. The van der Waals surface area contributed by atoms with Crippen molar-refractivity contribution in [1.29, 1.82) is 0 Å². The van der Waals surface area contributed by atoms with E-state index in [1.165, 1.54) is 38.6 Å². The Hall–Kier alpha value is -7.36. The summed E-state index contributed by atoms with van der Waals surface area (Å²) in [5.74, 6) is 0. The van der Waals surface area contributed by atoms with Gasteiger partial charge in [0.15, 0.2) is 0 Å². The standard InChI is InChI=1S/C55H37NO2/c1-55(2)46-22-9-5-17-38(46)39-28-26-35(32-47(39)55)56(36-27-29-42-41-19-7-11-24-49(41)58-52(42)33-36)48-23-10-6-18-40(48)44-30-31-51-54(45-20-8-12-25-50(45)57-51)53(44)43-21-13-15-34-14-3-4-16-37(34)43/h3-33H,1-2H3. The first-order chi connectivity index (χ1) is 28.5. The molecule has 9 aromatic carbocycles. The molecule has 0 unspecified atom stereocenters. The molecule has 1 aliphatic rings. The molecule has 11 aromatic rings. The van der Waals surface area contributed by atoms with E-state index in [2.05, 4.69) is 189 Å². The van der Waals surface area contributed by atoms with Gasteiger partial charge in [0.25, 0.3) is 0 Å². The van der Waals surface area contributed by atoms with Crippen LogP contribution in [-0.2, 0) is 5.41 Å². The first-order valence-corrected chi connectivity index (χ1v) is 20.0. The van der Waals surface area contributed by atoms with Crippen molar-refractivity contribution in [1.82, 2.24) is 0 Å². The predicted molar refractivity (Wildman–Crippen MR) is 242 cm³/mol. The highest BCUT2D eigenvalue weighted by Crippen LogP contribution is 2.53. The molecule has 0 radical (unpaired) electrons. The zero-order chi connectivity index (χ0) is 38.5. The first-order valence-electron chi connectivity index (χ1n) is 20.0. The van der Waals surface area contributed by atoms with Crippen LogP contribution in [0.3, 0.4) is 0 Å². The summed E-state index contributed by atoms with van der Waals surface area (Å²) in [6, 6.07) is 67.8. The van der Waals surface area contributed by atoms with Crippen LogP contribution in [0.25, 0.3) is 88.0 Å². The molecule has 0 amide bonds. The van der Waals surface area contributed by atoms with E-state index in [1.807, 2.05) is 18.2 Å². The third kappa shape index (κ3) is 4.74. The average Bonchev–Trinajstić information content (AvgIpc) is 3.91. The van der Waals surface area contributed by atoms with Crippen LogP contribution in [0.5, 0.6) is 0 Å². The topological polar surface area (TPSA) is 29.5 Å². The van der Waals surface area contributed by atoms with E-state index < -0.39 is 0 Å². The highest BCUT2D eigenvalue weighted by molar-refractivity contribution is 6.19. The lowest BCUT2D eigenvalue weighted by molar-refractivity contribution is 0.660. The Bertz CT molecular complexity index is 3450. The third-order valence-electron chi connectivity index (χ3n) is 12.5. The van der Waals surface area contributed by atoms with Crippen LogP contribution in [0.15, 0.2) is 197 Å². The summed E-state index contributed by atoms with van der Waals surface area (Å²) in [5.41, 5.74) is 16.4. The number of fused-ring (bicyclic) bond motifs is 10. The van der Waals surface area contributed by atoms with Gasteiger partial charge >= 0.3 is 0 Å². The van der Waals surface area contributed by atoms with E-state index in [0.29, 0.717) is 0 Å². The monoisotopic (exact) mass is 743 g/mol. The van der Waals surface area contributed by atoms with Crippen molar-refractivity contribution >= 4 is 71.7 Å². The molecule has 0 saturated heterocycles. The van der Waals surface area contributed by atoms with Gasteiger partial charge in [-0.2, -0.15) is 0 Å². The molecular formula is C55H37NO2. The molecule has 0 spiro atoms. The Morgan fingerprint density at radius 2 is 0.966 bits per heavy atom. The minimum Gasteiger partial charge on any atom is -0.456 e. The predicted octanol–water partition coefficient (Wildman–Crippen LogP) is 15.7. The number of para-hydroxylation sites is 3. The summed E-state index contributed by atoms with van der Waals surface area (Å²) >= 11 is 0. The van der Waals surface area contributed by atoms with Crippen molar-refractivity contribution in [2.24, 2.45) is 0 Å². The summed E-state index contributed by atoms with van der Waals surface area (Å²) in [6.07, 6.45) is 0. The molecule has 0 N–H and O–H groups in total. The maximum Gasteiger partial charge on any atom is 0.137 e. The summed E-state index contributed by atoms with van der Waals surface area (Å²) < 4.78 is 13.1. The van der Waals surface area contributed by atoms with Crippen molar-refractivity contribution in [2.75, 3.05) is 4.90 Å². The number of hydrogen-bond acceptors (Lipinski definition) is 3. The van der Waals surface area contributed by atoms with Crippen LogP contribution in [0, 0.1) is 0 Å². The number of nitrogens with zero attached hydrogens (tertiary/aromatic N) is 1. The Morgan fingerprint density at radius 1 is 0.379 bits per heavy atom. The fraction of sp³-hybridized carbons (Fsp3) is 0.0545. The van der Waals surface area contributed by atoms with Crippen LogP contribution >= 0.6 is 0 Å². The summed E-state index contributed by atoms with van der Waals surface area (Å²) in [4.78, 5) is 2.42. The maximum atomic E-state index is 6.57. The van der Waals surface area contributed by atoms with Gasteiger partial charge in [-0.25, -0.2) is 0 Å². The molecule has 0 aliphatic heterocycles. The van der Waals surface area contributed by atoms with Gasteiger partial charge in [0, 0.05) is 55.5 Å². The third-order valence-corrected chi connectivity index (χ3v) is 12.5. The van der Waals surface area contributed by atoms with Crippen molar-refractivity contribution in [3.05, 3.63) is 199 Å². The van der Waals surface area contributed by atoms with Crippen LogP contribution in [0.4, 0.5) is 17.1 Å². The van der Waals surface area contributed by atoms with Gasteiger partial charge in [0.05, 0.1) is 5.69 Å². The fourth-order valence-corrected chi connectivity index (χ4v) is 9.77. The minimum absolute atomic E-state index is 0.162. The van der Waals surface area contributed by atoms with E-state index >= 15 is 0 Å². The van der Waals surface area contributed by atoms with Gasteiger partial charge in [-0.1, -0.05) is 141 Å². The summed E-state index contributed by atoms with van der Waals surface area (Å²) in [7, 11) is 0. The van der Waals surface area contributed by atoms with Crippen molar-refractivity contribution < 1.29 is 8.83 Å².